The van der Waals surface area contributed by atoms with E-state index in [1.165, 1.54) is 6.92 Å². The molecule has 0 bridgehead atoms. The Kier molecular flexibility index (Phi) is 9.93. The summed E-state index contributed by atoms with van der Waals surface area (Å²) < 4.78 is 13.8. The van der Waals surface area contributed by atoms with E-state index in [1.54, 1.807) is 13.8 Å². The first-order chi connectivity index (χ1) is 12.1. The average Bonchev–Trinajstić information content (AvgIpc) is 2.60. The van der Waals surface area contributed by atoms with E-state index in [4.69, 9.17) is 0 Å². The molecule has 0 aromatic heterocycles. The molecule has 2 N–H and O–H groups in total. The molecule has 10 heteroatoms. The fourth-order valence-corrected chi connectivity index (χ4v) is 2.20. The second kappa shape index (κ2) is 11.1. The number of ether oxygens (including phenoxy) is 3. The number of esters is 3. The standard InChI is InChI=1S/C16H26N2O8/c1-8(2)12(17-9(3)19)14(21)18-13(16(23)26-6)10(15(22)25-5)7-11(20)24-4/h8,10,12-13H,7H2,1-6H3,(H,17,19)(H,18,21)/t10-,12+,13+/m0/s1. The molecular weight excluding hydrogens is 348 g/mol. The average molecular weight is 374 g/mol. The van der Waals surface area contributed by atoms with Crippen molar-refractivity contribution in [1.29, 1.82) is 0 Å². The van der Waals surface area contributed by atoms with Gasteiger partial charge < -0.3 is 24.8 Å². The SMILES string of the molecule is COC(=O)C[C@H](C(=O)OC)[C@@H](NC(=O)[C@H](NC(C)=O)C(C)C)C(=O)OC. The normalized spacial score (nSPS) is 13.8. The molecule has 3 atom stereocenters. The zero-order valence-corrected chi connectivity index (χ0v) is 15.8. The number of carbonyl (C=O) groups is 5. The monoisotopic (exact) mass is 374 g/mol. The molecule has 0 saturated heterocycles. The van der Waals surface area contributed by atoms with E-state index < -0.39 is 54.1 Å². The van der Waals surface area contributed by atoms with E-state index >= 15 is 0 Å². The quantitative estimate of drug-likeness (QED) is 0.394. The van der Waals surface area contributed by atoms with Crippen LogP contribution in [0.25, 0.3) is 0 Å². The van der Waals surface area contributed by atoms with Gasteiger partial charge in [-0.05, 0) is 5.92 Å². The number of amides is 2. The predicted octanol–water partition coefficient (Wildman–Crippen LogP) is -0.843. The van der Waals surface area contributed by atoms with Crippen LogP contribution in [0.5, 0.6) is 0 Å². The summed E-state index contributed by atoms with van der Waals surface area (Å²) in [5, 5.41) is 4.83. The van der Waals surface area contributed by atoms with E-state index in [9.17, 15) is 24.0 Å². The number of methoxy groups -OCH3 is 3. The Bertz CT molecular complexity index is 546. The summed E-state index contributed by atoms with van der Waals surface area (Å²) in [6.45, 7) is 4.63. The fraction of sp³-hybridized carbons (Fsp3) is 0.688. The van der Waals surface area contributed by atoms with Crippen LogP contribution in [0.2, 0.25) is 0 Å². The van der Waals surface area contributed by atoms with Crippen LogP contribution in [-0.2, 0) is 38.2 Å². The van der Waals surface area contributed by atoms with Gasteiger partial charge in [0.1, 0.15) is 12.1 Å². The Morgan fingerprint density at radius 2 is 1.35 bits per heavy atom. The maximum absolute atomic E-state index is 12.5. The van der Waals surface area contributed by atoms with Crippen molar-refractivity contribution in [2.24, 2.45) is 11.8 Å². The van der Waals surface area contributed by atoms with Crippen molar-refractivity contribution in [3.05, 3.63) is 0 Å². The van der Waals surface area contributed by atoms with Gasteiger partial charge in [-0.3, -0.25) is 19.2 Å². The van der Waals surface area contributed by atoms with Gasteiger partial charge >= 0.3 is 17.9 Å². The van der Waals surface area contributed by atoms with Crippen LogP contribution in [-0.4, -0.2) is 63.1 Å². The van der Waals surface area contributed by atoms with Crippen LogP contribution in [0.1, 0.15) is 27.2 Å². The first kappa shape index (κ1) is 23.4. The van der Waals surface area contributed by atoms with E-state index in [0.717, 1.165) is 21.3 Å². The molecule has 0 aliphatic carbocycles. The lowest BCUT2D eigenvalue weighted by atomic mass is 9.94. The van der Waals surface area contributed by atoms with Crippen LogP contribution in [0.15, 0.2) is 0 Å². The summed E-state index contributed by atoms with van der Waals surface area (Å²) >= 11 is 0. The predicted molar refractivity (Wildman–Crippen MR) is 88.5 cm³/mol. The zero-order valence-electron chi connectivity index (χ0n) is 15.8. The van der Waals surface area contributed by atoms with Crippen LogP contribution < -0.4 is 10.6 Å². The fourth-order valence-electron chi connectivity index (χ4n) is 2.20. The summed E-state index contributed by atoms with van der Waals surface area (Å²) in [4.78, 5) is 59.5. The second-order valence-electron chi connectivity index (χ2n) is 5.84. The van der Waals surface area contributed by atoms with Crippen molar-refractivity contribution in [1.82, 2.24) is 10.6 Å². The molecule has 148 valence electrons. The van der Waals surface area contributed by atoms with Crippen molar-refractivity contribution in [3.63, 3.8) is 0 Å². The van der Waals surface area contributed by atoms with Crippen LogP contribution in [0.3, 0.4) is 0 Å². The van der Waals surface area contributed by atoms with Crippen molar-refractivity contribution in [3.8, 4) is 0 Å². The molecule has 0 aliphatic heterocycles. The molecule has 0 spiro atoms. The highest BCUT2D eigenvalue weighted by atomic mass is 16.5. The van der Waals surface area contributed by atoms with Gasteiger partial charge in [-0.2, -0.15) is 0 Å². The van der Waals surface area contributed by atoms with Crippen LogP contribution in [0, 0.1) is 11.8 Å². The van der Waals surface area contributed by atoms with Crippen molar-refractivity contribution < 1.29 is 38.2 Å². The minimum absolute atomic E-state index is 0.297. The Labute approximate surface area is 151 Å². The summed E-state index contributed by atoms with van der Waals surface area (Å²) in [7, 11) is 3.27. The molecule has 0 aromatic rings. The molecular formula is C16H26N2O8. The van der Waals surface area contributed by atoms with Gasteiger partial charge in [0.15, 0.2) is 0 Å². The number of hydrogen-bond donors (Lipinski definition) is 2. The van der Waals surface area contributed by atoms with Crippen LogP contribution >= 0.6 is 0 Å². The van der Waals surface area contributed by atoms with E-state index in [2.05, 4.69) is 24.8 Å². The largest absolute Gasteiger partial charge is 0.469 e. The third kappa shape index (κ3) is 7.08. The molecule has 0 saturated carbocycles. The summed E-state index contributed by atoms with van der Waals surface area (Å²) in [6.07, 6.45) is -0.504. The maximum Gasteiger partial charge on any atom is 0.329 e. The molecule has 2 amide bonds. The Hall–Kier alpha value is -2.65. The highest BCUT2D eigenvalue weighted by Gasteiger charge is 2.40. The molecule has 0 aromatic carbocycles. The number of hydrogen-bond acceptors (Lipinski definition) is 8. The van der Waals surface area contributed by atoms with Gasteiger partial charge in [0.25, 0.3) is 0 Å². The molecule has 10 nitrogen and oxygen atoms in total. The maximum atomic E-state index is 12.5. The minimum atomic E-state index is -1.49. The summed E-state index contributed by atoms with van der Waals surface area (Å²) in [6, 6.07) is -2.44. The summed E-state index contributed by atoms with van der Waals surface area (Å²) in [5.74, 6) is -5.40. The van der Waals surface area contributed by atoms with Gasteiger partial charge in [0.2, 0.25) is 11.8 Å². The zero-order chi connectivity index (χ0) is 20.4. The van der Waals surface area contributed by atoms with Gasteiger partial charge in [-0.25, -0.2) is 4.79 Å². The lowest BCUT2D eigenvalue weighted by molar-refractivity contribution is -0.159. The number of rotatable bonds is 9. The van der Waals surface area contributed by atoms with Crippen LogP contribution in [0.4, 0.5) is 0 Å². The first-order valence-corrected chi connectivity index (χ1v) is 7.88. The van der Waals surface area contributed by atoms with Gasteiger partial charge in [0.05, 0.1) is 33.7 Å². The van der Waals surface area contributed by atoms with Crippen molar-refractivity contribution in [2.75, 3.05) is 21.3 Å². The third-order valence-corrected chi connectivity index (χ3v) is 3.58. The molecule has 26 heavy (non-hydrogen) atoms. The first-order valence-electron chi connectivity index (χ1n) is 7.88. The second-order valence-corrected chi connectivity index (χ2v) is 5.84. The van der Waals surface area contributed by atoms with Crippen molar-refractivity contribution >= 4 is 29.7 Å². The van der Waals surface area contributed by atoms with E-state index in [-0.39, 0.29) is 5.92 Å². The molecule has 0 unspecified atom stereocenters. The highest BCUT2D eigenvalue weighted by molar-refractivity contribution is 5.93. The van der Waals surface area contributed by atoms with Gasteiger partial charge in [-0.1, -0.05) is 13.8 Å². The van der Waals surface area contributed by atoms with Gasteiger partial charge in [0, 0.05) is 6.92 Å². The minimum Gasteiger partial charge on any atom is -0.469 e. The van der Waals surface area contributed by atoms with E-state index in [0.29, 0.717) is 0 Å². The Balaban J connectivity index is 5.65. The number of nitrogens with one attached hydrogen (secondary N) is 2. The van der Waals surface area contributed by atoms with E-state index in [1.807, 2.05) is 0 Å². The molecule has 0 aliphatic rings. The highest BCUT2D eigenvalue weighted by Crippen LogP contribution is 2.15. The lowest BCUT2D eigenvalue weighted by Gasteiger charge is -2.27. The van der Waals surface area contributed by atoms with Crippen molar-refractivity contribution in [2.45, 2.75) is 39.3 Å². The molecule has 0 rings (SSSR count). The van der Waals surface area contributed by atoms with Gasteiger partial charge in [-0.15, -0.1) is 0 Å². The number of carbonyl (C=O) groups excluding carboxylic acids is 5. The molecule has 0 heterocycles. The Morgan fingerprint density at radius 3 is 1.73 bits per heavy atom. The topological polar surface area (TPSA) is 137 Å². The third-order valence-electron chi connectivity index (χ3n) is 3.58. The summed E-state index contributed by atoms with van der Waals surface area (Å²) in [5.41, 5.74) is 0. The lowest BCUT2D eigenvalue weighted by Crippen LogP contribution is -2.56. The smallest absolute Gasteiger partial charge is 0.329 e. The molecule has 0 fully saturated rings. The molecule has 0 radical (unpaired) electrons. The Morgan fingerprint density at radius 1 is 0.808 bits per heavy atom.